The van der Waals surface area contributed by atoms with Crippen LogP contribution in [0.15, 0.2) is 18.2 Å². The van der Waals surface area contributed by atoms with Gasteiger partial charge in [-0.1, -0.05) is 11.6 Å². The molecule has 4 heteroatoms. The molecular formula is C12H18ClFN2. The van der Waals surface area contributed by atoms with Gasteiger partial charge in [0.1, 0.15) is 5.82 Å². The van der Waals surface area contributed by atoms with Gasteiger partial charge in [-0.15, -0.1) is 0 Å². The molecule has 0 spiro atoms. The summed E-state index contributed by atoms with van der Waals surface area (Å²) < 4.78 is 13.0. The van der Waals surface area contributed by atoms with Crippen LogP contribution in [0.3, 0.4) is 0 Å². The summed E-state index contributed by atoms with van der Waals surface area (Å²) in [5.74, 6) is -0.248. The van der Waals surface area contributed by atoms with E-state index in [1.54, 1.807) is 6.07 Å². The van der Waals surface area contributed by atoms with Gasteiger partial charge in [0.15, 0.2) is 0 Å². The number of benzene rings is 1. The summed E-state index contributed by atoms with van der Waals surface area (Å²) in [5, 5.41) is 3.86. The van der Waals surface area contributed by atoms with E-state index in [-0.39, 0.29) is 5.82 Å². The predicted octanol–water partition coefficient (Wildman–Crippen LogP) is 2.52. The van der Waals surface area contributed by atoms with Gasteiger partial charge in [-0.3, -0.25) is 0 Å². The van der Waals surface area contributed by atoms with Crippen molar-refractivity contribution in [1.82, 2.24) is 10.2 Å². The lowest BCUT2D eigenvalue weighted by atomic mass is 10.2. The Hall–Kier alpha value is -0.640. The Balaban J connectivity index is 2.45. The normalized spacial score (nSPS) is 13.1. The average molecular weight is 245 g/mol. The van der Waals surface area contributed by atoms with Crippen LogP contribution in [-0.4, -0.2) is 31.6 Å². The third-order valence-electron chi connectivity index (χ3n) is 2.64. The number of hydrogen-bond donors (Lipinski definition) is 1. The molecule has 0 fully saturated rings. The molecule has 1 aromatic carbocycles. The maximum absolute atomic E-state index is 13.0. The highest BCUT2D eigenvalue weighted by Crippen LogP contribution is 2.16. The molecule has 0 saturated carbocycles. The Morgan fingerprint density at radius 2 is 2.12 bits per heavy atom. The summed E-state index contributed by atoms with van der Waals surface area (Å²) in [4.78, 5) is 2.13. The van der Waals surface area contributed by atoms with E-state index in [1.807, 2.05) is 14.1 Å². The fraction of sp³-hybridized carbons (Fsp3) is 0.500. The van der Waals surface area contributed by atoms with E-state index in [2.05, 4.69) is 17.1 Å². The molecule has 0 amide bonds. The zero-order valence-corrected chi connectivity index (χ0v) is 10.7. The molecule has 1 atom stereocenters. The minimum absolute atomic E-state index is 0.248. The van der Waals surface area contributed by atoms with E-state index in [9.17, 15) is 4.39 Å². The molecule has 1 rings (SSSR count). The van der Waals surface area contributed by atoms with Crippen molar-refractivity contribution in [2.75, 3.05) is 20.6 Å². The second-order valence-electron chi connectivity index (χ2n) is 4.18. The minimum Gasteiger partial charge on any atom is -0.311 e. The monoisotopic (exact) mass is 244 g/mol. The minimum atomic E-state index is -0.248. The van der Waals surface area contributed by atoms with Crippen LogP contribution in [-0.2, 0) is 6.54 Å². The Labute approximate surface area is 101 Å². The van der Waals surface area contributed by atoms with Crippen LogP contribution in [0.25, 0.3) is 0 Å². The fourth-order valence-corrected chi connectivity index (χ4v) is 1.46. The summed E-state index contributed by atoms with van der Waals surface area (Å²) >= 11 is 5.96. The molecule has 90 valence electrons. The van der Waals surface area contributed by atoms with Crippen LogP contribution in [0.5, 0.6) is 0 Å². The molecule has 1 aromatic rings. The second-order valence-corrected chi connectivity index (χ2v) is 4.59. The van der Waals surface area contributed by atoms with Crippen molar-refractivity contribution >= 4 is 11.6 Å². The summed E-state index contributed by atoms with van der Waals surface area (Å²) in [6.45, 7) is 3.56. The molecule has 0 saturated heterocycles. The van der Waals surface area contributed by atoms with Gasteiger partial charge in [0.25, 0.3) is 0 Å². The van der Waals surface area contributed by atoms with Gasteiger partial charge in [-0.05, 0) is 44.8 Å². The third-order valence-corrected chi connectivity index (χ3v) is 3.01. The number of nitrogens with one attached hydrogen (secondary N) is 1. The van der Waals surface area contributed by atoms with Crippen LogP contribution in [0.2, 0.25) is 5.02 Å². The molecule has 0 aromatic heterocycles. The summed E-state index contributed by atoms with van der Waals surface area (Å²) in [7, 11) is 4.06. The zero-order valence-electron chi connectivity index (χ0n) is 9.93. The van der Waals surface area contributed by atoms with Crippen molar-refractivity contribution in [1.29, 1.82) is 0 Å². The maximum Gasteiger partial charge on any atom is 0.123 e. The van der Waals surface area contributed by atoms with Crippen molar-refractivity contribution < 1.29 is 4.39 Å². The van der Waals surface area contributed by atoms with Crippen LogP contribution in [0.4, 0.5) is 4.39 Å². The average Bonchev–Trinajstić information content (AvgIpc) is 2.22. The summed E-state index contributed by atoms with van der Waals surface area (Å²) in [6.07, 6.45) is 0. The fourth-order valence-electron chi connectivity index (χ4n) is 1.28. The first kappa shape index (κ1) is 13.4. The second kappa shape index (κ2) is 6.18. The van der Waals surface area contributed by atoms with Gasteiger partial charge in [0.05, 0.1) is 0 Å². The van der Waals surface area contributed by atoms with Crippen LogP contribution < -0.4 is 5.32 Å². The lowest BCUT2D eigenvalue weighted by Gasteiger charge is -2.20. The van der Waals surface area contributed by atoms with Gasteiger partial charge < -0.3 is 10.2 Å². The van der Waals surface area contributed by atoms with Crippen LogP contribution >= 0.6 is 11.6 Å². The highest BCUT2D eigenvalue weighted by Gasteiger charge is 2.05. The Bertz CT molecular complexity index is 342. The van der Waals surface area contributed by atoms with Crippen LogP contribution in [0, 0.1) is 5.82 Å². The number of nitrogens with zero attached hydrogens (tertiary/aromatic N) is 1. The molecule has 2 nitrogen and oxygen atoms in total. The number of hydrogen-bond acceptors (Lipinski definition) is 2. The molecular weight excluding hydrogens is 227 g/mol. The molecule has 0 bridgehead atoms. The quantitative estimate of drug-likeness (QED) is 0.856. The summed E-state index contributed by atoms with van der Waals surface area (Å²) in [5.41, 5.74) is 0.799. The van der Waals surface area contributed by atoms with Crippen molar-refractivity contribution in [2.24, 2.45) is 0 Å². The first-order valence-corrected chi connectivity index (χ1v) is 5.69. The topological polar surface area (TPSA) is 15.3 Å². The Kier molecular flexibility index (Phi) is 5.19. The molecule has 16 heavy (non-hydrogen) atoms. The van der Waals surface area contributed by atoms with Gasteiger partial charge in [0, 0.05) is 24.2 Å². The molecule has 0 aliphatic carbocycles. The molecule has 0 radical (unpaired) electrons. The largest absolute Gasteiger partial charge is 0.311 e. The molecule has 0 aliphatic rings. The van der Waals surface area contributed by atoms with Gasteiger partial charge in [-0.25, -0.2) is 4.39 Å². The van der Waals surface area contributed by atoms with Crippen molar-refractivity contribution in [3.8, 4) is 0 Å². The van der Waals surface area contributed by atoms with Gasteiger partial charge >= 0.3 is 0 Å². The van der Waals surface area contributed by atoms with E-state index < -0.39 is 0 Å². The lowest BCUT2D eigenvalue weighted by Crippen LogP contribution is -2.35. The first-order valence-electron chi connectivity index (χ1n) is 5.31. The van der Waals surface area contributed by atoms with E-state index in [4.69, 9.17) is 11.6 Å². The Morgan fingerprint density at radius 3 is 2.75 bits per heavy atom. The predicted molar refractivity (Wildman–Crippen MR) is 66.3 cm³/mol. The van der Waals surface area contributed by atoms with E-state index >= 15 is 0 Å². The molecule has 1 N–H and O–H groups in total. The van der Waals surface area contributed by atoms with Crippen molar-refractivity contribution in [3.05, 3.63) is 34.6 Å². The summed E-state index contributed by atoms with van der Waals surface area (Å²) in [6, 6.07) is 4.86. The number of rotatable bonds is 5. The molecule has 1 unspecified atom stereocenters. The smallest absolute Gasteiger partial charge is 0.123 e. The highest BCUT2D eigenvalue weighted by atomic mass is 35.5. The van der Waals surface area contributed by atoms with E-state index in [0.717, 1.165) is 12.1 Å². The van der Waals surface area contributed by atoms with E-state index in [0.29, 0.717) is 17.6 Å². The standard InChI is InChI=1S/C12H18ClFN2/c1-9(16(2)3)7-15-8-10-6-11(14)4-5-12(10)13/h4-6,9,15H,7-8H2,1-3H3. The van der Waals surface area contributed by atoms with Crippen LogP contribution in [0.1, 0.15) is 12.5 Å². The van der Waals surface area contributed by atoms with Crippen molar-refractivity contribution in [2.45, 2.75) is 19.5 Å². The zero-order chi connectivity index (χ0) is 12.1. The molecule has 0 aliphatic heterocycles. The first-order chi connectivity index (χ1) is 7.50. The molecule has 0 heterocycles. The van der Waals surface area contributed by atoms with E-state index in [1.165, 1.54) is 12.1 Å². The van der Waals surface area contributed by atoms with Gasteiger partial charge in [0.2, 0.25) is 0 Å². The van der Waals surface area contributed by atoms with Gasteiger partial charge in [-0.2, -0.15) is 0 Å². The third kappa shape index (κ3) is 4.08. The lowest BCUT2D eigenvalue weighted by molar-refractivity contribution is 0.302. The number of likely N-dealkylation sites (N-methyl/N-ethyl adjacent to an activating group) is 1. The SMILES string of the molecule is CC(CNCc1cc(F)ccc1Cl)N(C)C. The highest BCUT2D eigenvalue weighted by molar-refractivity contribution is 6.31. The maximum atomic E-state index is 13.0. The number of halogens is 2. The van der Waals surface area contributed by atoms with Crippen molar-refractivity contribution in [3.63, 3.8) is 0 Å². The Morgan fingerprint density at radius 1 is 1.44 bits per heavy atom.